The zero-order chi connectivity index (χ0) is 30.8. The van der Waals surface area contributed by atoms with Crippen LogP contribution in [-0.2, 0) is 24.4 Å². The standard InChI is InChI=1S/C32H33FN6O5/c1-32(2)15-23(44-30-7-10-35-28(37-30)19-43-27-6-4-22(33)13-21(27)16-34)8-11-38(32)18-29-36-25-5-3-20(31(40)41)14-26(25)39(29)17-24-9-12-42-24/h3-7,10,13-14,23-24H,8-9,11-12,15,17-19H2,1-2H3,(H,40,41)/t23-,24+/m0/s1. The smallest absolute Gasteiger partial charge is 0.335 e. The van der Waals surface area contributed by atoms with Crippen LogP contribution in [0.25, 0.3) is 11.0 Å². The number of aromatic nitrogens is 4. The van der Waals surface area contributed by atoms with E-state index < -0.39 is 11.8 Å². The van der Waals surface area contributed by atoms with Gasteiger partial charge in [-0.05, 0) is 63.1 Å². The van der Waals surface area contributed by atoms with Crippen molar-refractivity contribution >= 4 is 17.0 Å². The van der Waals surface area contributed by atoms with E-state index >= 15 is 0 Å². The molecule has 0 unspecified atom stereocenters. The summed E-state index contributed by atoms with van der Waals surface area (Å²) >= 11 is 0. The Morgan fingerprint density at radius 1 is 1.20 bits per heavy atom. The lowest BCUT2D eigenvalue weighted by molar-refractivity contribution is -0.0596. The van der Waals surface area contributed by atoms with Crippen LogP contribution in [0.2, 0.25) is 0 Å². The summed E-state index contributed by atoms with van der Waals surface area (Å²) < 4.78 is 33.2. The number of imidazole rings is 1. The van der Waals surface area contributed by atoms with Gasteiger partial charge in [-0.1, -0.05) is 0 Å². The molecule has 11 nitrogen and oxygen atoms in total. The number of nitriles is 1. The number of halogens is 1. The number of hydrogen-bond acceptors (Lipinski definition) is 9. The van der Waals surface area contributed by atoms with E-state index in [-0.39, 0.29) is 41.2 Å². The first-order valence-electron chi connectivity index (χ1n) is 14.6. The summed E-state index contributed by atoms with van der Waals surface area (Å²) in [5.41, 5.74) is 1.69. The number of benzene rings is 2. The summed E-state index contributed by atoms with van der Waals surface area (Å²) in [6.07, 6.45) is 4.11. The fraction of sp³-hybridized carbons (Fsp3) is 0.406. The van der Waals surface area contributed by atoms with Crippen LogP contribution in [0.5, 0.6) is 11.6 Å². The maximum atomic E-state index is 13.4. The summed E-state index contributed by atoms with van der Waals surface area (Å²) in [6, 6.07) is 12.5. The predicted molar refractivity (Wildman–Crippen MR) is 157 cm³/mol. The molecule has 1 N–H and O–H groups in total. The van der Waals surface area contributed by atoms with E-state index in [4.69, 9.17) is 19.2 Å². The zero-order valence-corrected chi connectivity index (χ0v) is 24.6. The molecule has 2 aliphatic heterocycles. The van der Waals surface area contributed by atoms with Crippen LogP contribution in [-0.4, -0.2) is 66.4 Å². The number of hydrogen-bond donors (Lipinski definition) is 1. The number of piperidine rings is 1. The van der Waals surface area contributed by atoms with Crippen molar-refractivity contribution in [2.75, 3.05) is 13.2 Å². The lowest BCUT2D eigenvalue weighted by atomic mass is 9.88. The predicted octanol–water partition coefficient (Wildman–Crippen LogP) is 4.73. The van der Waals surface area contributed by atoms with Gasteiger partial charge in [0.2, 0.25) is 5.88 Å². The van der Waals surface area contributed by atoms with Crippen LogP contribution >= 0.6 is 0 Å². The van der Waals surface area contributed by atoms with E-state index in [1.165, 1.54) is 12.1 Å². The molecule has 0 bridgehead atoms. The molecular weight excluding hydrogens is 567 g/mol. The molecule has 2 atom stereocenters. The highest BCUT2D eigenvalue weighted by Crippen LogP contribution is 2.32. The number of rotatable bonds is 10. The molecule has 2 fully saturated rings. The Hall–Kier alpha value is -4.60. The third-order valence-corrected chi connectivity index (χ3v) is 8.28. The van der Waals surface area contributed by atoms with E-state index in [9.17, 15) is 19.6 Å². The highest BCUT2D eigenvalue weighted by Gasteiger charge is 2.37. The lowest BCUT2D eigenvalue weighted by Gasteiger charge is -2.45. The second-order valence-electron chi connectivity index (χ2n) is 11.7. The number of fused-ring (bicyclic) bond motifs is 1. The Morgan fingerprint density at radius 3 is 2.77 bits per heavy atom. The van der Waals surface area contributed by atoms with Crippen molar-refractivity contribution in [2.24, 2.45) is 0 Å². The van der Waals surface area contributed by atoms with Gasteiger partial charge < -0.3 is 23.9 Å². The second-order valence-corrected chi connectivity index (χ2v) is 11.7. The normalized spacial score (nSPS) is 19.7. The number of likely N-dealkylation sites (tertiary alicyclic amines) is 1. The van der Waals surface area contributed by atoms with E-state index in [2.05, 4.69) is 33.3 Å². The van der Waals surface area contributed by atoms with Crippen molar-refractivity contribution in [1.29, 1.82) is 5.26 Å². The summed E-state index contributed by atoms with van der Waals surface area (Å²) in [5, 5.41) is 18.8. The first-order chi connectivity index (χ1) is 21.2. The molecule has 2 aromatic carbocycles. The van der Waals surface area contributed by atoms with Crippen molar-refractivity contribution in [1.82, 2.24) is 24.4 Å². The fourth-order valence-electron chi connectivity index (χ4n) is 5.76. The van der Waals surface area contributed by atoms with Crippen LogP contribution in [0, 0.1) is 17.1 Å². The Kier molecular flexibility index (Phi) is 8.16. The van der Waals surface area contributed by atoms with Crippen molar-refractivity contribution in [3.8, 4) is 17.7 Å². The Morgan fingerprint density at radius 2 is 2.05 bits per heavy atom. The Labute approximate surface area is 253 Å². The second kappa shape index (κ2) is 12.2. The van der Waals surface area contributed by atoms with Crippen molar-refractivity contribution in [2.45, 2.75) is 70.6 Å². The molecule has 4 aromatic rings. The molecule has 0 saturated carbocycles. The molecule has 228 valence electrons. The third-order valence-electron chi connectivity index (χ3n) is 8.28. The largest absolute Gasteiger partial charge is 0.484 e. The molecule has 2 aliphatic rings. The van der Waals surface area contributed by atoms with Crippen molar-refractivity contribution in [3.05, 3.63) is 77.3 Å². The minimum absolute atomic E-state index is 0.00229. The Balaban J connectivity index is 1.12. The van der Waals surface area contributed by atoms with Crippen molar-refractivity contribution < 1.29 is 28.5 Å². The van der Waals surface area contributed by atoms with E-state index in [1.54, 1.807) is 30.5 Å². The van der Waals surface area contributed by atoms with Crippen LogP contribution < -0.4 is 9.47 Å². The van der Waals surface area contributed by atoms with Crippen LogP contribution in [0.1, 0.15) is 60.7 Å². The molecule has 4 heterocycles. The summed E-state index contributed by atoms with van der Waals surface area (Å²) in [5.74, 6) is 0.483. The average Bonchev–Trinajstić information content (AvgIpc) is 3.31. The van der Waals surface area contributed by atoms with Gasteiger partial charge in [0.15, 0.2) is 5.82 Å². The van der Waals surface area contributed by atoms with Gasteiger partial charge in [0, 0.05) is 37.4 Å². The van der Waals surface area contributed by atoms with Gasteiger partial charge in [-0.15, -0.1) is 0 Å². The van der Waals surface area contributed by atoms with Gasteiger partial charge >= 0.3 is 5.97 Å². The number of ether oxygens (including phenoxy) is 3. The van der Waals surface area contributed by atoms with Crippen molar-refractivity contribution in [3.63, 3.8) is 0 Å². The average molecular weight is 601 g/mol. The van der Waals surface area contributed by atoms with E-state index in [0.29, 0.717) is 24.8 Å². The third kappa shape index (κ3) is 6.34. The summed E-state index contributed by atoms with van der Waals surface area (Å²) in [4.78, 5) is 27.7. The highest BCUT2D eigenvalue weighted by molar-refractivity contribution is 5.92. The van der Waals surface area contributed by atoms with E-state index in [0.717, 1.165) is 55.3 Å². The quantitative estimate of drug-likeness (QED) is 0.272. The zero-order valence-electron chi connectivity index (χ0n) is 24.6. The number of carbonyl (C=O) groups is 1. The van der Waals surface area contributed by atoms with Gasteiger partial charge in [-0.2, -0.15) is 10.2 Å². The molecule has 12 heteroatoms. The van der Waals surface area contributed by atoms with Gasteiger partial charge in [0.25, 0.3) is 0 Å². The maximum Gasteiger partial charge on any atom is 0.335 e. The van der Waals surface area contributed by atoms with Crippen LogP contribution in [0.4, 0.5) is 4.39 Å². The minimum Gasteiger partial charge on any atom is -0.484 e. The molecule has 0 aliphatic carbocycles. The summed E-state index contributed by atoms with van der Waals surface area (Å²) in [6.45, 7) is 7.11. The Bertz CT molecular complexity index is 1730. The monoisotopic (exact) mass is 600 g/mol. The molecule has 0 radical (unpaired) electrons. The molecule has 0 amide bonds. The maximum absolute atomic E-state index is 13.4. The molecule has 6 rings (SSSR count). The van der Waals surface area contributed by atoms with Gasteiger partial charge in [0.05, 0.1) is 41.4 Å². The molecular formula is C32H33FN6O5. The number of carboxylic acid groups (broad SMARTS) is 1. The SMILES string of the molecule is CC1(C)C[C@@H](Oc2ccnc(COc3ccc(F)cc3C#N)n2)CCN1Cc1nc2ccc(C(=O)O)cc2n1C[C@H]1CCO1. The minimum atomic E-state index is -0.964. The highest BCUT2D eigenvalue weighted by atomic mass is 19.1. The summed E-state index contributed by atoms with van der Waals surface area (Å²) in [7, 11) is 0. The van der Waals surface area contributed by atoms with Crippen LogP contribution in [0.3, 0.4) is 0 Å². The van der Waals surface area contributed by atoms with Gasteiger partial charge in [-0.25, -0.2) is 19.2 Å². The lowest BCUT2D eigenvalue weighted by Crippen LogP contribution is -2.52. The topological polar surface area (TPSA) is 136 Å². The van der Waals surface area contributed by atoms with Gasteiger partial charge in [-0.3, -0.25) is 4.90 Å². The number of aromatic carboxylic acids is 1. The first-order valence-corrected chi connectivity index (χ1v) is 14.6. The fourth-order valence-corrected chi connectivity index (χ4v) is 5.76. The first kappa shape index (κ1) is 29.5. The molecule has 2 saturated heterocycles. The van der Waals surface area contributed by atoms with Crippen LogP contribution in [0.15, 0.2) is 48.7 Å². The molecule has 44 heavy (non-hydrogen) atoms. The number of nitrogens with zero attached hydrogens (tertiary/aromatic N) is 6. The van der Waals surface area contributed by atoms with E-state index in [1.807, 2.05) is 6.07 Å². The van der Waals surface area contributed by atoms with Gasteiger partial charge in [0.1, 0.15) is 36.2 Å². The molecule has 0 spiro atoms. The number of carboxylic acids is 1. The molecule has 2 aromatic heterocycles.